The lowest BCUT2D eigenvalue weighted by molar-refractivity contribution is -0.131. The number of carbonyl (C=O) groups is 1. The van der Waals surface area contributed by atoms with Crippen LogP contribution in [0.3, 0.4) is 0 Å². The van der Waals surface area contributed by atoms with E-state index in [1.807, 2.05) is 6.92 Å². The number of esters is 1. The molecule has 2 aromatic heterocycles. The van der Waals surface area contributed by atoms with E-state index in [-0.39, 0.29) is 34.7 Å². The molecule has 4 rings (SSSR count). The topological polar surface area (TPSA) is 194 Å². The van der Waals surface area contributed by atoms with E-state index >= 15 is 0 Å². The first-order chi connectivity index (χ1) is 17.7. The van der Waals surface area contributed by atoms with E-state index in [0.29, 0.717) is 23.6 Å². The van der Waals surface area contributed by atoms with Crippen LogP contribution in [0.25, 0.3) is 5.95 Å². The highest BCUT2D eigenvalue weighted by Crippen LogP contribution is 2.32. The van der Waals surface area contributed by atoms with Gasteiger partial charge in [-0.05, 0) is 42.8 Å². The van der Waals surface area contributed by atoms with Crippen LogP contribution in [-0.2, 0) is 4.79 Å². The van der Waals surface area contributed by atoms with Gasteiger partial charge in [0, 0.05) is 37.1 Å². The molecule has 1 atom stereocenters. The zero-order valence-electron chi connectivity index (χ0n) is 19.9. The molecule has 2 heterocycles. The van der Waals surface area contributed by atoms with Gasteiger partial charge in [-0.2, -0.15) is 0 Å². The molecule has 0 saturated carbocycles. The quantitative estimate of drug-likeness (QED) is 0.0971. The van der Waals surface area contributed by atoms with Gasteiger partial charge in [-0.15, -0.1) is 9.78 Å². The van der Waals surface area contributed by atoms with E-state index in [9.17, 15) is 14.7 Å². The van der Waals surface area contributed by atoms with Gasteiger partial charge in [0.05, 0.1) is 12.2 Å². The molecule has 0 radical (unpaired) electrons. The van der Waals surface area contributed by atoms with E-state index in [0.717, 1.165) is 4.68 Å². The highest BCUT2D eigenvalue weighted by Gasteiger charge is 2.23. The third-order valence-electron chi connectivity index (χ3n) is 5.04. The molecule has 6 N–H and O–H groups in total. The first-order valence-corrected chi connectivity index (χ1v) is 11.1. The molecule has 0 spiro atoms. The number of aromatic amines is 1. The molecule has 0 bridgehead atoms. The molecule has 0 saturated heterocycles. The Morgan fingerprint density at radius 1 is 1.24 bits per heavy atom. The number of H-pyrrole nitrogens is 1. The zero-order valence-corrected chi connectivity index (χ0v) is 19.9. The van der Waals surface area contributed by atoms with Crippen molar-refractivity contribution in [1.29, 1.82) is 5.41 Å². The summed E-state index contributed by atoms with van der Waals surface area (Å²) in [5, 5.41) is 25.7. The van der Waals surface area contributed by atoms with Gasteiger partial charge in [0.1, 0.15) is 29.1 Å². The van der Waals surface area contributed by atoms with Crippen LogP contribution < -0.4 is 26.2 Å². The minimum Gasteiger partial charge on any atom is -0.508 e. The third-order valence-corrected chi connectivity index (χ3v) is 5.04. The normalized spacial score (nSPS) is 11.5. The van der Waals surface area contributed by atoms with Gasteiger partial charge in [-0.3, -0.25) is 15.2 Å². The average molecular weight is 505 g/mol. The first-order valence-electron chi connectivity index (χ1n) is 11.1. The molecule has 13 nitrogen and oxygen atoms in total. The van der Waals surface area contributed by atoms with Gasteiger partial charge >= 0.3 is 11.7 Å². The first kappa shape index (κ1) is 24.9. The molecule has 37 heavy (non-hydrogen) atoms. The number of carbonyl (C=O) groups excluding carboxylic acids is 1. The van der Waals surface area contributed by atoms with Crippen LogP contribution >= 0.6 is 0 Å². The Morgan fingerprint density at radius 2 is 2.00 bits per heavy atom. The lowest BCUT2D eigenvalue weighted by Gasteiger charge is -2.20. The maximum atomic E-state index is 12.7. The maximum Gasteiger partial charge on any atom is 0.350 e. The maximum absolute atomic E-state index is 12.7. The number of anilines is 1. The molecular formula is C24H24N8O5. The monoisotopic (exact) mass is 504 g/mol. The summed E-state index contributed by atoms with van der Waals surface area (Å²) in [5.41, 5.74) is 6.22. The Labute approximate surface area is 210 Å². The molecular weight excluding hydrogens is 480 g/mol. The minimum atomic E-state index is -0.822. The molecule has 0 aliphatic rings. The van der Waals surface area contributed by atoms with Gasteiger partial charge in [-0.1, -0.05) is 0 Å². The number of nitrogens with zero attached hydrogens (tertiary/aromatic N) is 4. The van der Waals surface area contributed by atoms with Crippen LogP contribution in [0, 0.1) is 5.41 Å². The van der Waals surface area contributed by atoms with Crippen molar-refractivity contribution in [3.05, 3.63) is 82.3 Å². The second-order valence-electron chi connectivity index (χ2n) is 7.76. The van der Waals surface area contributed by atoms with Crippen LogP contribution in [0.15, 0.2) is 59.7 Å². The van der Waals surface area contributed by atoms with Crippen molar-refractivity contribution in [3.63, 3.8) is 0 Å². The number of phenols is 1. The number of aromatic hydroxyl groups is 1. The van der Waals surface area contributed by atoms with Gasteiger partial charge in [0.15, 0.2) is 5.82 Å². The smallest absolute Gasteiger partial charge is 0.350 e. The predicted molar refractivity (Wildman–Crippen MR) is 133 cm³/mol. The number of ether oxygens (including phenoxy) is 2. The minimum absolute atomic E-state index is 0.0616. The van der Waals surface area contributed by atoms with Crippen LogP contribution in [0.5, 0.6) is 17.2 Å². The molecule has 190 valence electrons. The number of hydrogen-bond acceptors (Lipinski definition) is 10. The standard InChI is InChI=1S/C24H24N8O5/c1-3-36-17-10-14(9-16(34)12-17)20(22-30-24(35)32(31-22)23-27-7-4-8-28-23)29-15-5-6-18(21(25)26)19(11-15)37-13(2)33/h4-12,20,29,34H,3H2,1-2H3,(H3,25,26)(H,30,31,35). The Kier molecular flexibility index (Phi) is 7.14. The number of amidine groups is 1. The van der Waals surface area contributed by atoms with Crippen molar-refractivity contribution in [2.75, 3.05) is 11.9 Å². The van der Waals surface area contributed by atoms with Gasteiger partial charge in [0.2, 0.25) is 0 Å². The summed E-state index contributed by atoms with van der Waals surface area (Å²) in [6, 6.07) is 10.1. The molecule has 0 fully saturated rings. The summed E-state index contributed by atoms with van der Waals surface area (Å²) in [7, 11) is 0. The van der Waals surface area contributed by atoms with Crippen molar-refractivity contribution in [2.45, 2.75) is 19.9 Å². The number of benzene rings is 2. The Bertz CT molecular complexity index is 1500. The van der Waals surface area contributed by atoms with E-state index in [1.54, 1.807) is 18.2 Å². The van der Waals surface area contributed by atoms with Crippen molar-refractivity contribution < 1.29 is 19.4 Å². The second kappa shape index (κ2) is 10.6. The Hall–Kier alpha value is -5.20. The summed E-state index contributed by atoms with van der Waals surface area (Å²) in [4.78, 5) is 35.2. The lowest BCUT2D eigenvalue weighted by atomic mass is 10.0. The molecule has 2 aromatic carbocycles. The molecule has 0 amide bonds. The van der Waals surface area contributed by atoms with Crippen LogP contribution in [0.2, 0.25) is 0 Å². The Balaban J connectivity index is 1.82. The van der Waals surface area contributed by atoms with Crippen LogP contribution in [-0.4, -0.2) is 48.3 Å². The highest BCUT2D eigenvalue weighted by molar-refractivity contribution is 5.98. The van der Waals surface area contributed by atoms with Crippen molar-refractivity contribution in [2.24, 2.45) is 5.73 Å². The third kappa shape index (κ3) is 5.73. The zero-order chi connectivity index (χ0) is 26.5. The molecule has 1 unspecified atom stereocenters. The number of rotatable bonds is 9. The summed E-state index contributed by atoms with van der Waals surface area (Å²) in [6.45, 7) is 3.42. The second-order valence-corrected chi connectivity index (χ2v) is 7.76. The van der Waals surface area contributed by atoms with Crippen LogP contribution in [0.4, 0.5) is 5.69 Å². The number of phenolic OH excluding ortho intramolecular Hbond substituents is 1. The number of nitrogens with one attached hydrogen (secondary N) is 3. The van der Waals surface area contributed by atoms with Crippen molar-refractivity contribution in [3.8, 4) is 23.2 Å². The molecule has 13 heteroatoms. The number of aromatic nitrogens is 5. The highest BCUT2D eigenvalue weighted by atomic mass is 16.5. The fraction of sp³-hybridized carbons (Fsp3) is 0.167. The van der Waals surface area contributed by atoms with E-state index < -0.39 is 17.7 Å². The van der Waals surface area contributed by atoms with Gasteiger partial charge in [0.25, 0.3) is 5.95 Å². The van der Waals surface area contributed by atoms with Gasteiger partial charge < -0.3 is 25.6 Å². The van der Waals surface area contributed by atoms with Crippen LogP contribution in [0.1, 0.15) is 36.8 Å². The van der Waals surface area contributed by atoms with E-state index in [2.05, 4.69) is 25.4 Å². The fourth-order valence-electron chi connectivity index (χ4n) is 3.58. The average Bonchev–Trinajstić information content (AvgIpc) is 3.23. The van der Waals surface area contributed by atoms with E-state index in [1.165, 1.54) is 43.6 Å². The SMILES string of the molecule is CCOc1cc(O)cc(C(Nc2ccc(C(=N)N)c(OC(C)=O)c2)c2nn(-c3ncccn3)c(=O)[nH]2)c1. The van der Waals surface area contributed by atoms with E-state index in [4.69, 9.17) is 20.6 Å². The number of hydrogen-bond donors (Lipinski definition) is 5. The lowest BCUT2D eigenvalue weighted by Crippen LogP contribution is -2.18. The summed E-state index contributed by atoms with van der Waals surface area (Å²) in [5.74, 6) is -0.196. The van der Waals surface area contributed by atoms with Crippen molar-refractivity contribution >= 4 is 17.5 Å². The molecule has 0 aliphatic heterocycles. The van der Waals surface area contributed by atoms with Crippen molar-refractivity contribution in [1.82, 2.24) is 24.7 Å². The number of nitrogen functional groups attached to an aromatic ring is 1. The Morgan fingerprint density at radius 3 is 2.68 bits per heavy atom. The number of nitrogens with two attached hydrogens (primary N) is 1. The predicted octanol–water partition coefficient (Wildman–Crippen LogP) is 1.87. The molecule has 4 aromatic rings. The largest absolute Gasteiger partial charge is 0.508 e. The summed E-state index contributed by atoms with van der Waals surface area (Å²) >= 11 is 0. The molecule has 0 aliphatic carbocycles. The van der Waals surface area contributed by atoms with Gasteiger partial charge in [-0.25, -0.2) is 14.8 Å². The summed E-state index contributed by atoms with van der Waals surface area (Å²) in [6.07, 6.45) is 2.96. The summed E-state index contributed by atoms with van der Waals surface area (Å²) < 4.78 is 11.8. The fourth-order valence-corrected chi connectivity index (χ4v) is 3.58.